The van der Waals surface area contributed by atoms with Crippen LogP contribution in [0, 0.1) is 0 Å². The third kappa shape index (κ3) is 3.33. The smallest absolute Gasteiger partial charge is 0.255 e. The average Bonchev–Trinajstić information content (AvgIpc) is 2.84. The summed E-state index contributed by atoms with van der Waals surface area (Å²) in [5, 5.41) is 6.52. The van der Waals surface area contributed by atoms with E-state index in [1.54, 1.807) is 31.2 Å². The van der Waals surface area contributed by atoms with Crippen LogP contribution in [0.1, 0.15) is 17.3 Å². The van der Waals surface area contributed by atoms with E-state index in [0.29, 0.717) is 12.2 Å². The Kier molecular flexibility index (Phi) is 4.48. The molecule has 1 amide bonds. The van der Waals surface area contributed by atoms with Gasteiger partial charge in [-0.05, 0) is 31.2 Å². The quantitative estimate of drug-likeness (QED) is 0.887. The lowest BCUT2D eigenvalue weighted by molar-refractivity contribution is 0.0952. The van der Waals surface area contributed by atoms with Crippen LogP contribution in [0.25, 0.3) is 5.69 Å². The Morgan fingerprint density at radius 3 is 2.48 bits per heavy atom. The molecule has 1 N–H and O–H groups in total. The van der Waals surface area contributed by atoms with Gasteiger partial charge in [0.2, 0.25) is 0 Å². The van der Waals surface area contributed by atoms with Gasteiger partial charge in [-0.25, -0.2) is 13.1 Å². The average molecular weight is 372 g/mol. The maximum atomic E-state index is 12.0. The lowest BCUT2D eigenvalue weighted by atomic mass is 10.3. The number of carbonyl (C=O) groups excluding carboxylic acids is 1. The van der Waals surface area contributed by atoms with Gasteiger partial charge in [0, 0.05) is 17.3 Å². The van der Waals surface area contributed by atoms with E-state index < -0.39 is 15.7 Å². The largest absolute Gasteiger partial charge is 0.352 e. The fourth-order valence-electron chi connectivity index (χ4n) is 1.87. The summed E-state index contributed by atoms with van der Waals surface area (Å²) >= 11 is 3.31. The Morgan fingerprint density at radius 1 is 1.33 bits per heavy atom. The molecule has 0 bridgehead atoms. The molecular formula is C13H14BrN3O3S. The first-order valence-corrected chi connectivity index (χ1v) is 8.85. The van der Waals surface area contributed by atoms with Crippen LogP contribution in [-0.4, -0.2) is 36.9 Å². The first kappa shape index (κ1) is 15.7. The third-order valence-electron chi connectivity index (χ3n) is 2.73. The molecule has 0 saturated carbocycles. The van der Waals surface area contributed by atoms with Crippen LogP contribution in [0.4, 0.5) is 0 Å². The van der Waals surface area contributed by atoms with Crippen molar-refractivity contribution in [3.8, 4) is 5.69 Å². The van der Waals surface area contributed by atoms with Crippen LogP contribution < -0.4 is 5.32 Å². The highest BCUT2D eigenvalue weighted by Gasteiger charge is 2.25. The van der Waals surface area contributed by atoms with Crippen molar-refractivity contribution in [2.24, 2.45) is 0 Å². The van der Waals surface area contributed by atoms with Crippen molar-refractivity contribution in [1.82, 2.24) is 15.1 Å². The Balaban J connectivity index is 2.63. The van der Waals surface area contributed by atoms with E-state index in [-0.39, 0.29) is 10.6 Å². The number of rotatable bonds is 4. The van der Waals surface area contributed by atoms with Gasteiger partial charge in [-0.1, -0.05) is 15.9 Å². The number of nitrogens with one attached hydrogen (secondary N) is 1. The molecule has 0 fully saturated rings. The first-order chi connectivity index (χ1) is 9.84. The molecule has 0 aliphatic heterocycles. The number of aromatic nitrogens is 2. The number of sulfone groups is 1. The molecule has 1 heterocycles. The Bertz CT molecular complexity index is 766. The molecular weight excluding hydrogens is 358 g/mol. The van der Waals surface area contributed by atoms with Gasteiger partial charge in [-0.3, -0.25) is 4.79 Å². The normalized spacial score (nSPS) is 11.4. The Labute approximate surface area is 131 Å². The molecule has 0 atom stereocenters. The van der Waals surface area contributed by atoms with E-state index >= 15 is 0 Å². The summed E-state index contributed by atoms with van der Waals surface area (Å²) < 4.78 is 26.2. The second-order valence-corrected chi connectivity index (χ2v) is 7.23. The van der Waals surface area contributed by atoms with Crippen molar-refractivity contribution in [2.75, 3.05) is 12.8 Å². The summed E-state index contributed by atoms with van der Waals surface area (Å²) in [6, 6.07) is 6.98. The summed E-state index contributed by atoms with van der Waals surface area (Å²) in [5.74, 6) is -0.457. The lowest BCUT2D eigenvalue weighted by Crippen LogP contribution is -2.24. The molecule has 0 aliphatic rings. The van der Waals surface area contributed by atoms with Crippen molar-refractivity contribution in [3.63, 3.8) is 0 Å². The van der Waals surface area contributed by atoms with Crippen molar-refractivity contribution in [2.45, 2.75) is 11.9 Å². The van der Waals surface area contributed by atoms with E-state index in [1.807, 2.05) is 0 Å². The van der Waals surface area contributed by atoms with Gasteiger partial charge < -0.3 is 5.32 Å². The van der Waals surface area contributed by atoms with Gasteiger partial charge in [0.1, 0.15) is 0 Å². The number of carbonyl (C=O) groups is 1. The second kappa shape index (κ2) is 5.98. The second-order valence-electron chi connectivity index (χ2n) is 4.38. The molecule has 0 spiro atoms. The molecule has 0 radical (unpaired) electrons. The molecule has 2 rings (SSSR count). The zero-order valence-electron chi connectivity index (χ0n) is 11.5. The zero-order valence-corrected chi connectivity index (χ0v) is 13.9. The number of amides is 1. The van der Waals surface area contributed by atoms with Crippen LogP contribution in [0.3, 0.4) is 0 Å². The minimum absolute atomic E-state index is 0.0438. The summed E-state index contributed by atoms with van der Waals surface area (Å²) in [7, 11) is -3.61. The highest BCUT2D eigenvalue weighted by Crippen LogP contribution is 2.21. The topological polar surface area (TPSA) is 81.1 Å². The van der Waals surface area contributed by atoms with Crippen molar-refractivity contribution in [3.05, 3.63) is 40.5 Å². The van der Waals surface area contributed by atoms with E-state index in [1.165, 1.54) is 10.9 Å². The van der Waals surface area contributed by atoms with E-state index in [0.717, 1.165) is 10.7 Å². The highest BCUT2D eigenvalue weighted by atomic mass is 79.9. The van der Waals surface area contributed by atoms with Gasteiger partial charge >= 0.3 is 0 Å². The van der Waals surface area contributed by atoms with Gasteiger partial charge in [0.05, 0.1) is 17.4 Å². The molecule has 8 heteroatoms. The summed E-state index contributed by atoms with van der Waals surface area (Å²) in [6.07, 6.45) is 2.32. The lowest BCUT2D eigenvalue weighted by Gasteiger charge is -2.08. The van der Waals surface area contributed by atoms with Crippen LogP contribution in [0.2, 0.25) is 0 Å². The van der Waals surface area contributed by atoms with Gasteiger partial charge in [0.15, 0.2) is 14.9 Å². The van der Waals surface area contributed by atoms with Crippen LogP contribution >= 0.6 is 15.9 Å². The van der Waals surface area contributed by atoms with Crippen LogP contribution in [0.5, 0.6) is 0 Å². The van der Waals surface area contributed by atoms with E-state index in [2.05, 4.69) is 26.3 Å². The third-order valence-corrected chi connectivity index (χ3v) is 4.35. The minimum Gasteiger partial charge on any atom is -0.352 e. The number of nitrogens with zero attached hydrogens (tertiary/aromatic N) is 2. The summed E-state index contributed by atoms with van der Waals surface area (Å²) in [4.78, 5) is 12.0. The molecule has 6 nitrogen and oxygen atoms in total. The fraction of sp³-hybridized carbons (Fsp3) is 0.231. The highest BCUT2D eigenvalue weighted by molar-refractivity contribution is 9.10. The SMILES string of the molecule is CCNC(=O)c1cnn(-c2ccc(Br)cc2)c1S(C)(=O)=O. The van der Waals surface area contributed by atoms with Crippen molar-refractivity contribution >= 4 is 31.7 Å². The molecule has 0 aliphatic carbocycles. The number of hydrogen-bond donors (Lipinski definition) is 1. The molecule has 0 saturated heterocycles. The zero-order chi connectivity index (χ0) is 15.6. The minimum atomic E-state index is -3.61. The molecule has 2 aromatic rings. The number of hydrogen-bond acceptors (Lipinski definition) is 4. The van der Waals surface area contributed by atoms with Gasteiger partial charge in [-0.15, -0.1) is 0 Å². The van der Waals surface area contributed by atoms with Crippen LogP contribution in [-0.2, 0) is 9.84 Å². The van der Waals surface area contributed by atoms with E-state index in [4.69, 9.17) is 0 Å². The summed E-state index contributed by atoms with van der Waals surface area (Å²) in [6.45, 7) is 2.17. The van der Waals surface area contributed by atoms with Gasteiger partial charge in [-0.2, -0.15) is 5.10 Å². The van der Waals surface area contributed by atoms with Crippen LogP contribution in [0.15, 0.2) is 40.0 Å². The standard InChI is InChI=1S/C13H14BrN3O3S/c1-3-15-12(18)11-8-16-17(13(11)21(2,19)20)10-6-4-9(14)5-7-10/h4-8H,3H2,1-2H3,(H,15,18). The molecule has 21 heavy (non-hydrogen) atoms. The predicted octanol–water partition coefficient (Wildman–Crippen LogP) is 1.79. The molecule has 112 valence electrons. The maximum Gasteiger partial charge on any atom is 0.255 e. The maximum absolute atomic E-state index is 12.0. The van der Waals surface area contributed by atoms with E-state index in [9.17, 15) is 13.2 Å². The van der Waals surface area contributed by atoms with Gasteiger partial charge in [0.25, 0.3) is 5.91 Å². The Hall–Kier alpha value is -1.67. The van der Waals surface area contributed by atoms with Crippen molar-refractivity contribution < 1.29 is 13.2 Å². The fourth-order valence-corrected chi connectivity index (χ4v) is 3.15. The van der Waals surface area contributed by atoms with Crippen molar-refractivity contribution in [1.29, 1.82) is 0 Å². The summed E-state index contributed by atoms with van der Waals surface area (Å²) in [5.41, 5.74) is 0.608. The molecule has 1 aromatic heterocycles. The molecule has 0 unspecified atom stereocenters. The monoisotopic (exact) mass is 371 g/mol. The Morgan fingerprint density at radius 2 is 1.95 bits per heavy atom. The first-order valence-electron chi connectivity index (χ1n) is 6.16. The molecule has 1 aromatic carbocycles. The number of halogens is 1. The predicted molar refractivity (Wildman–Crippen MR) is 82.4 cm³/mol. The number of benzene rings is 1.